The second-order valence-electron chi connectivity index (χ2n) is 4.55. The summed E-state index contributed by atoms with van der Waals surface area (Å²) in [7, 11) is 1.25. The lowest BCUT2D eigenvalue weighted by Gasteiger charge is -2.17. The summed E-state index contributed by atoms with van der Waals surface area (Å²) in [6, 6.07) is 13.7. The fourth-order valence-corrected chi connectivity index (χ4v) is 2.03. The van der Waals surface area contributed by atoms with Crippen molar-refractivity contribution in [2.75, 3.05) is 7.11 Å². The largest absolute Gasteiger partial charge is 0.463 e. The van der Waals surface area contributed by atoms with E-state index in [2.05, 4.69) is 4.74 Å². The number of benzene rings is 2. The van der Waals surface area contributed by atoms with Crippen molar-refractivity contribution in [1.29, 1.82) is 0 Å². The maximum absolute atomic E-state index is 12.4. The molecule has 3 rings (SSSR count). The Bertz CT molecular complexity index is 762. The van der Waals surface area contributed by atoms with Crippen molar-refractivity contribution in [2.24, 2.45) is 0 Å². The maximum atomic E-state index is 12.4. The molecule has 1 aliphatic rings. The van der Waals surface area contributed by atoms with Crippen LogP contribution in [0.1, 0.15) is 15.9 Å². The number of hydrogen-bond acceptors (Lipinski definition) is 5. The molecule has 0 fully saturated rings. The molecule has 5 heteroatoms. The molecule has 0 aliphatic carbocycles. The summed E-state index contributed by atoms with van der Waals surface area (Å²) < 4.78 is 15.3. The third-order valence-electron chi connectivity index (χ3n) is 3.14. The smallest absolute Gasteiger partial charge is 0.377 e. The molecule has 5 nitrogen and oxygen atoms in total. The number of esters is 1. The quantitative estimate of drug-likeness (QED) is 0.643. The van der Waals surface area contributed by atoms with Gasteiger partial charge >= 0.3 is 5.97 Å². The third kappa shape index (κ3) is 2.56. The van der Waals surface area contributed by atoms with Crippen molar-refractivity contribution in [3.8, 4) is 11.5 Å². The first-order chi connectivity index (χ1) is 10.7. The van der Waals surface area contributed by atoms with Gasteiger partial charge in [0.05, 0.1) is 7.11 Å². The minimum absolute atomic E-state index is 0.0701. The number of rotatable bonds is 3. The van der Waals surface area contributed by atoms with Crippen molar-refractivity contribution in [1.82, 2.24) is 0 Å². The molecule has 0 atom stereocenters. The van der Waals surface area contributed by atoms with Gasteiger partial charge in [0, 0.05) is 11.1 Å². The normalized spacial score (nSPS) is 12.3. The van der Waals surface area contributed by atoms with E-state index in [0.29, 0.717) is 22.6 Å². The number of carbonyl (C=O) groups is 2. The van der Waals surface area contributed by atoms with E-state index in [1.54, 1.807) is 42.5 Å². The Labute approximate surface area is 126 Å². The molecule has 110 valence electrons. The summed E-state index contributed by atoms with van der Waals surface area (Å²) in [5.41, 5.74) is 1.02. The molecule has 1 aliphatic heterocycles. The van der Waals surface area contributed by atoms with Crippen LogP contribution in [0.2, 0.25) is 0 Å². The van der Waals surface area contributed by atoms with E-state index >= 15 is 0 Å². The summed E-state index contributed by atoms with van der Waals surface area (Å²) >= 11 is 0. The molecule has 0 bridgehead atoms. The second-order valence-corrected chi connectivity index (χ2v) is 4.55. The fourth-order valence-electron chi connectivity index (χ4n) is 2.03. The molecule has 22 heavy (non-hydrogen) atoms. The first-order valence-corrected chi connectivity index (χ1v) is 6.56. The minimum Gasteiger partial charge on any atom is -0.463 e. The van der Waals surface area contributed by atoms with Crippen LogP contribution in [-0.4, -0.2) is 18.9 Å². The van der Waals surface area contributed by atoms with Crippen LogP contribution in [0.5, 0.6) is 11.5 Å². The Balaban J connectivity index is 1.90. The second kappa shape index (κ2) is 5.73. The molecular weight excluding hydrogens is 284 g/mol. The average molecular weight is 296 g/mol. The fraction of sp³-hybridized carbons (Fsp3) is 0.0588. The minimum atomic E-state index is -0.648. The summed E-state index contributed by atoms with van der Waals surface area (Å²) in [4.78, 5) is 23.9. The van der Waals surface area contributed by atoms with Crippen LogP contribution in [0.25, 0.3) is 0 Å². The highest BCUT2D eigenvalue weighted by Crippen LogP contribution is 2.34. The molecule has 0 radical (unpaired) electrons. The first kappa shape index (κ1) is 13.9. The van der Waals surface area contributed by atoms with Crippen LogP contribution >= 0.6 is 0 Å². The molecule has 0 saturated heterocycles. The molecule has 0 unspecified atom stereocenters. The Morgan fingerprint density at radius 3 is 2.45 bits per heavy atom. The van der Waals surface area contributed by atoms with E-state index in [-0.39, 0.29) is 11.5 Å². The summed E-state index contributed by atoms with van der Waals surface area (Å²) in [5, 5.41) is 0. The lowest BCUT2D eigenvalue weighted by atomic mass is 10.0. The highest BCUT2D eigenvalue weighted by Gasteiger charge is 2.22. The van der Waals surface area contributed by atoms with E-state index in [4.69, 9.17) is 9.47 Å². The average Bonchev–Trinajstić information content (AvgIpc) is 2.60. The van der Waals surface area contributed by atoms with Crippen LogP contribution in [0.4, 0.5) is 0 Å². The van der Waals surface area contributed by atoms with Crippen molar-refractivity contribution in [3.63, 3.8) is 0 Å². The number of ether oxygens (including phenoxy) is 3. The van der Waals surface area contributed by atoms with E-state index in [1.165, 1.54) is 13.4 Å². The van der Waals surface area contributed by atoms with Gasteiger partial charge in [0.25, 0.3) is 0 Å². The Morgan fingerprint density at radius 2 is 1.73 bits per heavy atom. The maximum Gasteiger partial charge on any atom is 0.377 e. The molecular formula is C17H12O5. The lowest BCUT2D eigenvalue weighted by molar-refractivity contribution is -0.138. The van der Waals surface area contributed by atoms with Gasteiger partial charge in [-0.15, -0.1) is 0 Å². The van der Waals surface area contributed by atoms with E-state index in [0.717, 1.165) is 0 Å². The van der Waals surface area contributed by atoms with E-state index in [1.807, 2.05) is 6.07 Å². The van der Waals surface area contributed by atoms with Gasteiger partial charge in [-0.05, 0) is 18.2 Å². The highest BCUT2D eigenvalue weighted by atomic mass is 16.6. The molecule has 1 heterocycles. The molecule has 0 aromatic heterocycles. The Hall–Kier alpha value is -3.08. The predicted octanol–water partition coefficient (Wildman–Crippen LogP) is 2.70. The molecule has 0 saturated carbocycles. The third-order valence-corrected chi connectivity index (χ3v) is 3.14. The van der Waals surface area contributed by atoms with Crippen LogP contribution in [0.15, 0.2) is 60.6 Å². The number of ketones is 1. The topological polar surface area (TPSA) is 61.8 Å². The van der Waals surface area contributed by atoms with Crippen molar-refractivity contribution in [2.45, 2.75) is 0 Å². The van der Waals surface area contributed by atoms with Gasteiger partial charge < -0.3 is 14.2 Å². The number of carbonyl (C=O) groups excluding carboxylic acids is 2. The lowest BCUT2D eigenvalue weighted by Crippen LogP contribution is -2.15. The molecule has 0 spiro atoms. The predicted molar refractivity (Wildman–Crippen MR) is 77.7 cm³/mol. The first-order valence-electron chi connectivity index (χ1n) is 6.56. The van der Waals surface area contributed by atoms with E-state index in [9.17, 15) is 9.59 Å². The van der Waals surface area contributed by atoms with Gasteiger partial charge in [0.1, 0.15) is 6.26 Å². The molecule has 2 aromatic carbocycles. The van der Waals surface area contributed by atoms with Crippen LogP contribution in [-0.2, 0) is 9.53 Å². The molecule has 2 aromatic rings. The van der Waals surface area contributed by atoms with Crippen molar-refractivity contribution < 1.29 is 23.8 Å². The number of fused-ring (bicyclic) bond motifs is 1. The number of hydrogen-bond donors (Lipinski definition) is 0. The van der Waals surface area contributed by atoms with Gasteiger partial charge in [0.2, 0.25) is 5.76 Å². The van der Waals surface area contributed by atoms with E-state index < -0.39 is 5.97 Å². The summed E-state index contributed by atoms with van der Waals surface area (Å²) in [5.74, 6) is -0.132. The zero-order valence-corrected chi connectivity index (χ0v) is 11.7. The zero-order chi connectivity index (χ0) is 15.5. The monoisotopic (exact) mass is 296 g/mol. The molecule has 0 amide bonds. The van der Waals surface area contributed by atoms with Crippen LogP contribution < -0.4 is 9.47 Å². The summed E-state index contributed by atoms with van der Waals surface area (Å²) in [6.07, 6.45) is 1.17. The van der Waals surface area contributed by atoms with Gasteiger partial charge in [-0.3, -0.25) is 4.79 Å². The van der Waals surface area contributed by atoms with Crippen LogP contribution in [0.3, 0.4) is 0 Å². The SMILES string of the molecule is COC(=O)C1=COc2ccc(C(=O)c3ccccc3)cc2O1. The Morgan fingerprint density at radius 1 is 0.955 bits per heavy atom. The zero-order valence-electron chi connectivity index (χ0n) is 11.7. The van der Waals surface area contributed by atoms with Gasteiger partial charge in [-0.1, -0.05) is 30.3 Å². The number of methoxy groups -OCH3 is 1. The highest BCUT2D eigenvalue weighted by molar-refractivity contribution is 6.09. The van der Waals surface area contributed by atoms with Gasteiger partial charge in [-0.25, -0.2) is 4.79 Å². The Kier molecular flexibility index (Phi) is 3.62. The van der Waals surface area contributed by atoms with Gasteiger partial charge in [-0.2, -0.15) is 0 Å². The van der Waals surface area contributed by atoms with Crippen molar-refractivity contribution in [3.05, 3.63) is 71.7 Å². The molecule has 0 N–H and O–H groups in total. The standard InChI is InChI=1S/C17H12O5/c1-20-17(19)15-10-21-13-8-7-12(9-14(13)22-15)16(18)11-5-3-2-4-6-11/h2-10H,1H3. The van der Waals surface area contributed by atoms with Gasteiger partial charge in [0.15, 0.2) is 17.3 Å². The summed E-state index contributed by atoms with van der Waals surface area (Å²) in [6.45, 7) is 0. The van der Waals surface area contributed by atoms with Crippen molar-refractivity contribution >= 4 is 11.8 Å². The van der Waals surface area contributed by atoms with Crippen LogP contribution in [0, 0.1) is 0 Å².